The number of aryl methyl sites for hydroxylation is 2. The maximum Gasteiger partial charge on any atom is 0.271 e. The highest BCUT2D eigenvalue weighted by atomic mass is 32.1. The second kappa shape index (κ2) is 10.9. The first-order valence-electron chi connectivity index (χ1n) is 13.6. The smallest absolute Gasteiger partial charge is 0.271 e. The van der Waals surface area contributed by atoms with E-state index in [-0.39, 0.29) is 11.5 Å². The van der Waals surface area contributed by atoms with Gasteiger partial charge in [0.1, 0.15) is 5.82 Å². The van der Waals surface area contributed by atoms with Crippen LogP contribution in [0, 0.1) is 26.6 Å². The van der Waals surface area contributed by atoms with Gasteiger partial charge in [-0.25, -0.2) is 9.38 Å². The van der Waals surface area contributed by atoms with E-state index < -0.39 is 11.9 Å². The Morgan fingerprint density at radius 1 is 0.952 bits per heavy atom. The third-order valence-corrected chi connectivity index (χ3v) is 8.48. The topological polar surface area (TPSA) is 68.4 Å². The van der Waals surface area contributed by atoms with Crippen LogP contribution in [0.4, 0.5) is 10.1 Å². The lowest BCUT2D eigenvalue weighted by Gasteiger charge is -2.25. The normalized spacial score (nSPS) is 15.0. The summed E-state index contributed by atoms with van der Waals surface area (Å²) >= 11 is 1.28. The quantitative estimate of drug-likeness (QED) is 0.291. The van der Waals surface area contributed by atoms with Crippen molar-refractivity contribution in [1.29, 1.82) is 0 Å². The third kappa shape index (κ3) is 4.94. The van der Waals surface area contributed by atoms with Gasteiger partial charge in [-0.1, -0.05) is 53.8 Å². The van der Waals surface area contributed by atoms with E-state index >= 15 is 0 Å². The lowest BCUT2D eigenvalue weighted by Crippen LogP contribution is -2.40. The van der Waals surface area contributed by atoms with Crippen molar-refractivity contribution in [3.8, 4) is 5.69 Å². The zero-order valence-corrected chi connectivity index (χ0v) is 24.5. The molecule has 1 atom stereocenters. The lowest BCUT2D eigenvalue weighted by atomic mass is 9.95. The summed E-state index contributed by atoms with van der Waals surface area (Å²) in [6, 6.07) is 24.6. The SMILES string of the molecule is CC1=C(C(=O)Nc2ccccc2)[C@@H](c2ccc(F)cc2)n2c(s/c(=C/c3cc(C)n(-c4cccc(C)c4)c3C)c2=O)=N1. The monoisotopic (exact) mass is 576 g/mol. The van der Waals surface area contributed by atoms with Gasteiger partial charge < -0.3 is 9.88 Å². The van der Waals surface area contributed by atoms with Gasteiger partial charge in [0.2, 0.25) is 0 Å². The van der Waals surface area contributed by atoms with Crippen LogP contribution in [0.15, 0.2) is 106 Å². The van der Waals surface area contributed by atoms with Crippen LogP contribution in [0.3, 0.4) is 0 Å². The number of hydrogen-bond donors (Lipinski definition) is 1. The Morgan fingerprint density at radius 2 is 1.69 bits per heavy atom. The minimum absolute atomic E-state index is 0.258. The molecule has 1 N–H and O–H groups in total. The van der Waals surface area contributed by atoms with Gasteiger partial charge in [-0.15, -0.1) is 0 Å². The summed E-state index contributed by atoms with van der Waals surface area (Å²) in [4.78, 5) is 32.9. The van der Waals surface area contributed by atoms with Crippen molar-refractivity contribution in [2.75, 3.05) is 5.32 Å². The molecule has 0 saturated heterocycles. The fourth-order valence-electron chi connectivity index (χ4n) is 5.53. The molecule has 0 bridgehead atoms. The summed E-state index contributed by atoms with van der Waals surface area (Å²) in [5.74, 6) is -0.765. The van der Waals surface area contributed by atoms with E-state index in [1.54, 1.807) is 35.8 Å². The van der Waals surface area contributed by atoms with Crippen LogP contribution in [-0.4, -0.2) is 15.0 Å². The fourth-order valence-corrected chi connectivity index (χ4v) is 6.57. The number of nitrogens with one attached hydrogen (secondary N) is 1. The second-order valence-corrected chi connectivity index (χ2v) is 11.5. The molecular formula is C34H29FN4O2S. The Bertz CT molecular complexity index is 2050. The molecule has 0 aliphatic carbocycles. The highest BCUT2D eigenvalue weighted by Crippen LogP contribution is 2.31. The standard InChI is InChI=1S/C34H29FN4O2S/c1-20-9-8-12-28(17-20)38-21(2)18-25(23(38)4)19-29-33(41)39-31(24-13-15-26(35)16-14-24)30(22(3)36-34(39)42-29)32(40)37-27-10-6-5-7-11-27/h5-19,31H,1-4H3,(H,37,40)/b29-19+/t31-/m1/s1. The Labute approximate surface area is 246 Å². The zero-order valence-electron chi connectivity index (χ0n) is 23.7. The summed E-state index contributed by atoms with van der Waals surface area (Å²) in [6.45, 7) is 7.91. The molecule has 0 spiro atoms. The summed E-state index contributed by atoms with van der Waals surface area (Å²) in [7, 11) is 0. The number of allylic oxidation sites excluding steroid dienone is 1. The molecule has 0 saturated carbocycles. The molecule has 3 heterocycles. The minimum Gasteiger partial charge on any atom is -0.322 e. The molecule has 210 valence electrons. The molecule has 1 aliphatic rings. The maximum absolute atomic E-state index is 14.1. The van der Waals surface area contributed by atoms with Crippen molar-refractivity contribution in [3.05, 3.63) is 150 Å². The number of aromatic nitrogens is 2. The van der Waals surface area contributed by atoms with Crippen molar-refractivity contribution in [2.24, 2.45) is 4.99 Å². The maximum atomic E-state index is 14.1. The number of carbonyl (C=O) groups is 1. The number of benzene rings is 3. The predicted molar refractivity (Wildman–Crippen MR) is 165 cm³/mol. The van der Waals surface area contributed by atoms with Crippen LogP contribution < -0.4 is 20.2 Å². The van der Waals surface area contributed by atoms with Crippen molar-refractivity contribution >= 4 is 29.0 Å². The van der Waals surface area contributed by atoms with Gasteiger partial charge >= 0.3 is 0 Å². The van der Waals surface area contributed by atoms with E-state index in [1.165, 1.54) is 23.5 Å². The number of rotatable bonds is 5. The Morgan fingerprint density at radius 3 is 2.40 bits per heavy atom. The molecule has 0 radical (unpaired) electrons. The number of fused-ring (bicyclic) bond motifs is 1. The highest BCUT2D eigenvalue weighted by Gasteiger charge is 2.32. The van der Waals surface area contributed by atoms with Crippen LogP contribution in [0.5, 0.6) is 0 Å². The van der Waals surface area contributed by atoms with Crippen molar-refractivity contribution in [1.82, 2.24) is 9.13 Å². The molecule has 5 aromatic rings. The number of carbonyl (C=O) groups excluding carboxylic acids is 1. The molecule has 6 rings (SSSR count). The van der Waals surface area contributed by atoms with Crippen LogP contribution in [0.2, 0.25) is 0 Å². The van der Waals surface area contributed by atoms with Crippen LogP contribution in [0.25, 0.3) is 11.8 Å². The van der Waals surface area contributed by atoms with Gasteiger partial charge in [0.05, 0.1) is 21.8 Å². The molecule has 8 heteroatoms. The van der Waals surface area contributed by atoms with E-state index in [0.717, 1.165) is 28.2 Å². The number of hydrogen-bond acceptors (Lipinski definition) is 4. The first-order chi connectivity index (χ1) is 20.2. The summed E-state index contributed by atoms with van der Waals surface area (Å²) < 4.78 is 18.2. The van der Waals surface area contributed by atoms with Gasteiger partial charge in [0, 0.05) is 22.8 Å². The predicted octanol–water partition coefficient (Wildman–Crippen LogP) is 5.73. The molecule has 6 nitrogen and oxygen atoms in total. The first-order valence-corrected chi connectivity index (χ1v) is 14.4. The average molecular weight is 577 g/mol. The van der Waals surface area contributed by atoms with Crippen molar-refractivity contribution < 1.29 is 9.18 Å². The molecule has 42 heavy (non-hydrogen) atoms. The summed E-state index contributed by atoms with van der Waals surface area (Å²) in [5, 5.41) is 2.93. The molecule has 0 unspecified atom stereocenters. The van der Waals surface area contributed by atoms with E-state index in [0.29, 0.717) is 31.9 Å². The van der Waals surface area contributed by atoms with Gasteiger partial charge in [0.15, 0.2) is 4.80 Å². The number of amides is 1. The lowest BCUT2D eigenvalue weighted by molar-refractivity contribution is -0.113. The Hall–Kier alpha value is -4.82. The zero-order chi connectivity index (χ0) is 29.5. The van der Waals surface area contributed by atoms with E-state index in [2.05, 4.69) is 41.1 Å². The highest BCUT2D eigenvalue weighted by molar-refractivity contribution is 7.07. The van der Waals surface area contributed by atoms with Gasteiger partial charge in [-0.05, 0) is 92.9 Å². The second-order valence-electron chi connectivity index (χ2n) is 10.5. The molecule has 1 amide bonds. The van der Waals surface area contributed by atoms with Gasteiger partial charge in [-0.2, -0.15) is 0 Å². The molecule has 1 aliphatic heterocycles. The fraction of sp³-hybridized carbons (Fsp3) is 0.147. The summed E-state index contributed by atoms with van der Waals surface area (Å²) in [6.07, 6.45) is 1.89. The number of para-hydroxylation sites is 1. The molecular weight excluding hydrogens is 547 g/mol. The minimum atomic E-state index is -0.771. The van der Waals surface area contributed by atoms with Crippen molar-refractivity contribution in [3.63, 3.8) is 0 Å². The Kier molecular flexibility index (Phi) is 7.08. The van der Waals surface area contributed by atoms with Crippen LogP contribution in [0.1, 0.15) is 41.0 Å². The molecule has 2 aromatic heterocycles. The number of thiazole rings is 1. The number of anilines is 1. The molecule has 3 aromatic carbocycles. The number of nitrogens with zero attached hydrogens (tertiary/aromatic N) is 3. The average Bonchev–Trinajstić information content (AvgIpc) is 3.42. The number of halogens is 1. The first kappa shape index (κ1) is 27.4. The largest absolute Gasteiger partial charge is 0.322 e. The molecule has 0 fully saturated rings. The van der Waals surface area contributed by atoms with E-state index in [9.17, 15) is 14.0 Å². The van der Waals surface area contributed by atoms with E-state index in [1.807, 2.05) is 44.2 Å². The van der Waals surface area contributed by atoms with Gasteiger partial charge in [0.25, 0.3) is 11.5 Å². The Balaban J connectivity index is 1.49. The van der Waals surface area contributed by atoms with Gasteiger partial charge in [-0.3, -0.25) is 14.2 Å². The van der Waals surface area contributed by atoms with Crippen LogP contribution >= 0.6 is 11.3 Å². The summed E-state index contributed by atoms with van der Waals surface area (Å²) in [5.41, 5.74) is 7.04. The van der Waals surface area contributed by atoms with Crippen LogP contribution in [-0.2, 0) is 4.79 Å². The van der Waals surface area contributed by atoms with Crippen molar-refractivity contribution in [2.45, 2.75) is 33.7 Å². The third-order valence-electron chi connectivity index (χ3n) is 7.50. The van der Waals surface area contributed by atoms with E-state index in [4.69, 9.17) is 4.99 Å².